The van der Waals surface area contributed by atoms with E-state index in [9.17, 15) is 4.79 Å². The highest BCUT2D eigenvalue weighted by molar-refractivity contribution is 9.09. The molecule has 1 aliphatic carbocycles. The van der Waals surface area contributed by atoms with E-state index in [2.05, 4.69) is 50.3 Å². The monoisotopic (exact) mass is 424 g/mol. The highest BCUT2D eigenvalue weighted by Gasteiger charge is 2.20. The van der Waals surface area contributed by atoms with Gasteiger partial charge in [0.25, 0.3) is 10.9 Å². The zero-order valence-corrected chi connectivity index (χ0v) is 15.8. The van der Waals surface area contributed by atoms with Crippen LogP contribution in [0.4, 0.5) is 0 Å². The van der Waals surface area contributed by atoms with E-state index in [0.717, 1.165) is 43.3 Å². The minimum absolute atomic E-state index is 0.166. The van der Waals surface area contributed by atoms with Crippen molar-refractivity contribution >= 4 is 66.0 Å². The molecule has 1 heterocycles. The molecule has 26 heavy (non-hydrogen) atoms. The van der Waals surface area contributed by atoms with Gasteiger partial charge in [0.2, 0.25) is 0 Å². The molecule has 3 aromatic rings. The second-order valence-electron chi connectivity index (χ2n) is 6.16. The molecule has 6 heteroatoms. The molecule has 0 saturated heterocycles. The van der Waals surface area contributed by atoms with Crippen LogP contribution < -0.4 is 4.36 Å². The average molecular weight is 426 g/mol. The summed E-state index contributed by atoms with van der Waals surface area (Å²) in [6.45, 7) is 0. The van der Waals surface area contributed by atoms with E-state index in [1.54, 1.807) is 10.4 Å². The summed E-state index contributed by atoms with van der Waals surface area (Å²) < 4.78 is 1.73. The van der Waals surface area contributed by atoms with Gasteiger partial charge in [-0.1, -0.05) is 57.9 Å². The Kier molecular flexibility index (Phi) is 3.48. The maximum Gasteiger partial charge on any atom is 0.319 e. The van der Waals surface area contributed by atoms with E-state index >= 15 is 0 Å². The van der Waals surface area contributed by atoms with Gasteiger partial charge in [0.1, 0.15) is 10.9 Å². The van der Waals surface area contributed by atoms with Crippen molar-refractivity contribution in [3.05, 3.63) is 70.3 Å². The fraction of sp³-hybridized carbons (Fsp3) is 0.0500. The SMILES string of the molecule is O=C(CBr)N=[n+]1c2c3cccc4cccc(c=2[nH]c2cc(Cl)ccc21)c43. The molecule has 0 bridgehead atoms. The Morgan fingerprint density at radius 1 is 1.12 bits per heavy atom. The third-order valence-electron chi connectivity index (χ3n) is 4.65. The number of amides is 1. The first-order valence-corrected chi connectivity index (χ1v) is 9.61. The Labute approximate surface area is 160 Å². The summed E-state index contributed by atoms with van der Waals surface area (Å²) in [5, 5.41) is 11.5. The summed E-state index contributed by atoms with van der Waals surface area (Å²) >= 11 is 9.39. The topological polar surface area (TPSA) is 51.1 Å². The molecule has 126 valence electrons. The number of aromatic nitrogens is 2. The number of benzene rings is 3. The van der Waals surface area contributed by atoms with Crippen LogP contribution in [0, 0.1) is 10.7 Å². The van der Waals surface area contributed by atoms with Gasteiger partial charge in [0.05, 0.1) is 10.7 Å². The lowest BCUT2D eigenvalue weighted by molar-refractivity contribution is -0.523. The van der Waals surface area contributed by atoms with Gasteiger partial charge in [-0.3, -0.25) is 4.79 Å². The molecule has 0 radical (unpaired) electrons. The van der Waals surface area contributed by atoms with Gasteiger partial charge in [-0.25, -0.2) is 0 Å². The van der Waals surface area contributed by atoms with Crippen LogP contribution in [0.1, 0.15) is 0 Å². The van der Waals surface area contributed by atoms with Gasteiger partial charge in [0, 0.05) is 27.0 Å². The first-order valence-electron chi connectivity index (χ1n) is 8.11. The highest BCUT2D eigenvalue weighted by atomic mass is 79.9. The number of fused-ring (bicyclic) bond motifs is 3. The predicted molar refractivity (Wildman–Crippen MR) is 106 cm³/mol. The molecule has 0 fully saturated rings. The van der Waals surface area contributed by atoms with Crippen molar-refractivity contribution in [1.29, 1.82) is 0 Å². The van der Waals surface area contributed by atoms with Gasteiger partial charge in [-0.2, -0.15) is 0 Å². The molecule has 4 nitrogen and oxygen atoms in total. The Hall–Kier alpha value is -2.50. The van der Waals surface area contributed by atoms with Crippen molar-refractivity contribution in [2.24, 2.45) is 5.11 Å². The number of rotatable bonds is 1. The van der Waals surface area contributed by atoms with E-state index in [-0.39, 0.29) is 11.2 Å². The van der Waals surface area contributed by atoms with Gasteiger partial charge >= 0.3 is 5.91 Å². The normalized spacial score (nSPS) is 12.8. The fourth-order valence-electron chi connectivity index (χ4n) is 3.65. The Morgan fingerprint density at radius 2 is 1.88 bits per heavy atom. The van der Waals surface area contributed by atoms with Crippen LogP contribution in [0.15, 0.2) is 59.7 Å². The lowest BCUT2D eigenvalue weighted by Gasteiger charge is -1.96. The van der Waals surface area contributed by atoms with Gasteiger partial charge in [-0.05, 0) is 27.9 Å². The van der Waals surface area contributed by atoms with E-state index < -0.39 is 0 Å². The number of halogens is 2. The Morgan fingerprint density at radius 3 is 2.65 bits per heavy atom. The smallest absolute Gasteiger partial charge is 0.319 e. The van der Waals surface area contributed by atoms with Crippen LogP contribution in [0.2, 0.25) is 5.02 Å². The fourth-order valence-corrected chi connectivity index (χ4v) is 3.93. The molecular formula is C20H12BrClN3O+. The van der Waals surface area contributed by atoms with Crippen LogP contribution in [-0.4, -0.2) is 16.2 Å². The standard InChI is InChI=1S/C20H11BrClN3O/c21-10-17(26)24-25-16-8-7-12(22)9-15(16)23-19-13-5-1-3-11-4-2-6-14(18(11)13)20(19)25/h1-9H,10H2/p+1. The van der Waals surface area contributed by atoms with Gasteiger partial charge in [0.15, 0.2) is 0 Å². The zero-order valence-electron chi connectivity index (χ0n) is 13.5. The molecule has 1 aliphatic heterocycles. The second-order valence-corrected chi connectivity index (χ2v) is 7.16. The molecule has 0 aromatic heterocycles. The van der Waals surface area contributed by atoms with E-state index in [1.807, 2.05) is 24.3 Å². The van der Waals surface area contributed by atoms with Gasteiger partial charge in [-0.15, -0.1) is 0 Å². The lowest BCUT2D eigenvalue weighted by atomic mass is 10.1. The van der Waals surface area contributed by atoms with Crippen molar-refractivity contribution in [3.63, 3.8) is 0 Å². The predicted octanol–water partition coefficient (Wildman–Crippen LogP) is 4.81. The number of hydrogen-bond acceptors (Lipinski definition) is 1. The zero-order chi connectivity index (χ0) is 17.8. The molecule has 0 spiro atoms. The average Bonchev–Trinajstić information content (AvgIpc) is 2.97. The molecule has 1 N–H and O–H groups in total. The molecule has 2 aliphatic rings. The van der Waals surface area contributed by atoms with Crippen LogP contribution in [0.5, 0.6) is 0 Å². The molecular weight excluding hydrogens is 414 g/mol. The number of carbonyl (C=O) groups is 1. The minimum atomic E-state index is -0.247. The number of nitrogens with one attached hydrogen (secondary N) is 1. The van der Waals surface area contributed by atoms with Crippen LogP contribution in [-0.2, 0) is 4.79 Å². The van der Waals surface area contributed by atoms with Crippen molar-refractivity contribution in [2.75, 3.05) is 5.33 Å². The number of alkyl halides is 1. The summed E-state index contributed by atoms with van der Waals surface area (Å²) in [4.78, 5) is 15.6. The first-order chi connectivity index (χ1) is 12.7. The molecule has 0 atom stereocenters. The van der Waals surface area contributed by atoms with Gasteiger partial charge < -0.3 is 4.98 Å². The lowest BCUT2D eigenvalue weighted by Crippen LogP contribution is -2.24. The van der Waals surface area contributed by atoms with E-state index in [1.165, 1.54) is 0 Å². The molecule has 5 rings (SSSR count). The highest BCUT2D eigenvalue weighted by Crippen LogP contribution is 2.30. The molecule has 1 amide bonds. The van der Waals surface area contributed by atoms with Crippen molar-refractivity contribution in [2.45, 2.75) is 0 Å². The number of aromatic amines is 1. The summed E-state index contributed by atoms with van der Waals surface area (Å²) in [6, 6.07) is 17.9. The van der Waals surface area contributed by atoms with E-state index in [0.29, 0.717) is 5.02 Å². The second kappa shape index (κ2) is 5.76. The molecule has 0 saturated carbocycles. The van der Waals surface area contributed by atoms with Crippen LogP contribution in [0.3, 0.4) is 0 Å². The first kappa shape index (κ1) is 15.7. The molecule has 0 unspecified atom stereocenters. The minimum Gasteiger partial charge on any atom is -0.344 e. The van der Waals surface area contributed by atoms with E-state index in [4.69, 9.17) is 11.6 Å². The summed E-state index contributed by atoms with van der Waals surface area (Å²) in [7, 11) is 0. The Bertz CT molecular complexity index is 1450. The van der Waals surface area contributed by atoms with Crippen LogP contribution in [0.25, 0.3) is 32.6 Å². The maximum atomic E-state index is 12.1. The number of hydrogen-bond donors (Lipinski definition) is 1. The third kappa shape index (κ3) is 2.17. The summed E-state index contributed by atoms with van der Waals surface area (Å²) in [5.74, 6) is -0.247. The molecule has 3 aromatic carbocycles. The summed E-state index contributed by atoms with van der Waals surface area (Å²) in [6.07, 6.45) is 0. The largest absolute Gasteiger partial charge is 0.344 e. The number of nitrogens with zero attached hydrogens (tertiary/aromatic N) is 2. The quantitative estimate of drug-likeness (QED) is 0.304. The third-order valence-corrected chi connectivity index (χ3v) is 5.36. The van der Waals surface area contributed by atoms with Crippen molar-refractivity contribution < 1.29 is 9.16 Å². The maximum absolute atomic E-state index is 12.1. The summed E-state index contributed by atoms with van der Waals surface area (Å²) in [5.41, 5.74) is 1.62. The Balaban J connectivity index is 2.19. The van der Waals surface area contributed by atoms with Crippen molar-refractivity contribution in [1.82, 2.24) is 4.98 Å². The number of H-pyrrole nitrogens is 1. The van der Waals surface area contributed by atoms with Crippen molar-refractivity contribution in [3.8, 4) is 0 Å². The number of carbonyl (C=O) groups excluding carboxylic acids is 1. The van der Waals surface area contributed by atoms with Crippen LogP contribution >= 0.6 is 27.5 Å².